The highest BCUT2D eigenvalue weighted by molar-refractivity contribution is 5.81. The van der Waals surface area contributed by atoms with E-state index in [0.717, 1.165) is 22.8 Å². The van der Waals surface area contributed by atoms with Crippen LogP contribution < -0.4 is 11.3 Å². The third kappa shape index (κ3) is 9.15. The number of pyridine rings is 1. The Labute approximate surface area is 127 Å². The Kier molecular flexibility index (Phi) is 9.12. The lowest BCUT2D eigenvalue weighted by atomic mass is 10.1. The van der Waals surface area contributed by atoms with Gasteiger partial charge in [-0.2, -0.15) is 13.2 Å². The van der Waals surface area contributed by atoms with Crippen LogP contribution in [0.3, 0.4) is 0 Å². The molecule has 0 atom stereocenters. The van der Waals surface area contributed by atoms with Crippen molar-refractivity contribution in [3.63, 3.8) is 0 Å². The number of methoxy groups -OCH3 is 1. The highest BCUT2D eigenvalue weighted by Crippen LogP contribution is 2.11. The molecule has 7 heteroatoms. The average Bonchev–Trinajstić information content (AvgIpc) is 2.39. The second-order valence-electron chi connectivity index (χ2n) is 4.46. The molecule has 0 aliphatic heterocycles. The van der Waals surface area contributed by atoms with Gasteiger partial charge in [-0.15, -0.1) is 0 Å². The number of aromatic amines is 1. The van der Waals surface area contributed by atoms with E-state index in [9.17, 15) is 18.0 Å². The van der Waals surface area contributed by atoms with Crippen LogP contribution in [-0.2, 0) is 11.2 Å². The predicted octanol–water partition coefficient (Wildman–Crippen LogP) is 2.86. The third-order valence-electron chi connectivity index (χ3n) is 2.27. The van der Waals surface area contributed by atoms with Crippen molar-refractivity contribution in [1.82, 2.24) is 4.98 Å². The van der Waals surface area contributed by atoms with Crippen LogP contribution in [-0.4, -0.2) is 31.9 Å². The molecule has 124 valence electrons. The normalized spacial score (nSPS) is 10.3. The maximum absolute atomic E-state index is 11.4. The minimum atomic E-state index is -4.00. The van der Waals surface area contributed by atoms with Crippen LogP contribution in [0.4, 0.5) is 13.2 Å². The first-order valence-electron chi connectivity index (χ1n) is 6.50. The first kappa shape index (κ1) is 20.1. The van der Waals surface area contributed by atoms with Crippen molar-refractivity contribution in [2.45, 2.75) is 19.5 Å². The zero-order valence-corrected chi connectivity index (χ0v) is 12.8. The topological polar surface area (TPSA) is 68.1 Å². The Morgan fingerprint density at radius 3 is 2.27 bits per heavy atom. The van der Waals surface area contributed by atoms with Gasteiger partial charge in [0, 0.05) is 32.7 Å². The Balaban J connectivity index is 0.000000465. The number of ether oxygens (including phenoxy) is 1. The lowest BCUT2D eigenvalue weighted by molar-refractivity contribution is -0.110. The van der Waals surface area contributed by atoms with E-state index in [2.05, 4.69) is 9.72 Å². The van der Waals surface area contributed by atoms with Crippen LogP contribution in [0, 0.1) is 0 Å². The Hall–Kier alpha value is -1.86. The standard InChI is InChI=1S/C11H12N2O.C2H3F3.C2H6O/c12-5-3-8-1-2-9-4-6-13-11(14)10(9)7-8;1-2(3,4)5;1-3-2/h1-2,4,6-7H,3,5,12H2,(H,13,14);1H3;1-2H3. The molecule has 0 aliphatic carbocycles. The molecule has 0 amide bonds. The lowest BCUT2D eigenvalue weighted by Gasteiger charge is -2.00. The third-order valence-corrected chi connectivity index (χ3v) is 2.27. The summed E-state index contributed by atoms with van der Waals surface area (Å²) in [6.07, 6.45) is -1.53. The van der Waals surface area contributed by atoms with Gasteiger partial charge in [0.25, 0.3) is 5.56 Å². The fourth-order valence-electron chi connectivity index (χ4n) is 1.55. The van der Waals surface area contributed by atoms with Crippen LogP contribution >= 0.6 is 0 Å². The second kappa shape index (κ2) is 9.97. The maximum atomic E-state index is 11.4. The molecule has 0 saturated carbocycles. The first-order chi connectivity index (χ1) is 10.2. The van der Waals surface area contributed by atoms with Crippen molar-refractivity contribution in [3.8, 4) is 0 Å². The van der Waals surface area contributed by atoms with Gasteiger partial charge in [-0.1, -0.05) is 12.1 Å². The highest BCUT2D eigenvalue weighted by Gasteiger charge is 2.15. The molecule has 0 bridgehead atoms. The number of hydrogen-bond donors (Lipinski definition) is 2. The molecule has 0 aliphatic rings. The molecule has 0 saturated heterocycles. The zero-order valence-electron chi connectivity index (χ0n) is 12.8. The van der Waals surface area contributed by atoms with Crippen LogP contribution in [0.15, 0.2) is 35.3 Å². The molecule has 0 fully saturated rings. The van der Waals surface area contributed by atoms with Crippen molar-refractivity contribution in [1.29, 1.82) is 0 Å². The summed E-state index contributed by atoms with van der Waals surface area (Å²) >= 11 is 0. The summed E-state index contributed by atoms with van der Waals surface area (Å²) in [6.45, 7) is 0.795. The molecule has 0 spiro atoms. The molecule has 22 heavy (non-hydrogen) atoms. The van der Waals surface area contributed by atoms with Gasteiger partial charge < -0.3 is 15.5 Å². The zero-order chi connectivity index (χ0) is 17.2. The summed E-state index contributed by atoms with van der Waals surface area (Å²) < 4.78 is 35.3. The number of hydrogen-bond acceptors (Lipinski definition) is 3. The highest BCUT2D eigenvalue weighted by atomic mass is 19.4. The Bertz CT molecular complexity index is 603. The number of fused-ring (bicyclic) bond motifs is 1. The second-order valence-corrected chi connectivity index (χ2v) is 4.46. The molecule has 3 N–H and O–H groups in total. The minimum Gasteiger partial charge on any atom is -0.388 e. The van der Waals surface area contributed by atoms with Gasteiger partial charge in [-0.05, 0) is 36.0 Å². The van der Waals surface area contributed by atoms with Crippen molar-refractivity contribution < 1.29 is 17.9 Å². The maximum Gasteiger partial charge on any atom is 0.386 e. The molecule has 4 nitrogen and oxygen atoms in total. The van der Waals surface area contributed by atoms with E-state index in [1.54, 1.807) is 20.4 Å². The van der Waals surface area contributed by atoms with Crippen molar-refractivity contribution in [2.75, 3.05) is 20.8 Å². The average molecular weight is 318 g/mol. The molecule has 1 aromatic heterocycles. The smallest absolute Gasteiger partial charge is 0.386 e. The molecule has 1 aromatic carbocycles. The summed E-state index contributed by atoms with van der Waals surface area (Å²) in [4.78, 5) is 14.1. The number of H-pyrrole nitrogens is 1. The number of nitrogens with one attached hydrogen (secondary N) is 1. The number of alkyl halides is 3. The summed E-state index contributed by atoms with van der Waals surface area (Å²) in [6, 6.07) is 7.76. The summed E-state index contributed by atoms with van der Waals surface area (Å²) in [5, 5.41) is 1.70. The summed E-state index contributed by atoms with van der Waals surface area (Å²) in [7, 11) is 3.25. The molecular formula is C15H21F3N2O2. The molecule has 0 radical (unpaired) electrons. The van der Waals surface area contributed by atoms with E-state index in [1.807, 2.05) is 24.3 Å². The van der Waals surface area contributed by atoms with Gasteiger partial charge in [0.1, 0.15) is 0 Å². The molecule has 2 aromatic rings. The number of rotatable bonds is 2. The molecule has 2 rings (SSSR count). The van der Waals surface area contributed by atoms with Gasteiger partial charge in [0.05, 0.1) is 0 Å². The van der Waals surface area contributed by atoms with Gasteiger partial charge in [-0.25, -0.2) is 0 Å². The fourth-order valence-corrected chi connectivity index (χ4v) is 1.55. The molecular weight excluding hydrogens is 297 g/mol. The van der Waals surface area contributed by atoms with Gasteiger partial charge in [0.2, 0.25) is 0 Å². The largest absolute Gasteiger partial charge is 0.388 e. The first-order valence-corrected chi connectivity index (χ1v) is 6.50. The van der Waals surface area contributed by atoms with Gasteiger partial charge in [0.15, 0.2) is 0 Å². The van der Waals surface area contributed by atoms with Crippen molar-refractivity contribution >= 4 is 10.8 Å². The fraction of sp³-hybridized carbons (Fsp3) is 0.400. The number of benzene rings is 1. The monoisotopic (exact) mass is 318 g/mol. The minimum absolute atomic E-state index is 0.0404. The summed E-state index contributed by atoms with van der Waals surface area (Å²) in [5.74, 6) is 0. The lowest BCUT2D eigenvalue weighted by Crippen LogP contribution is -2.06. The Morgan fingerprint density at radius 1 is 1.23 bits per heavy atom. The van der Waals surface area contributed by atoms with Crippen LogP contribution in [0.5, 0.6) is 0 Å². The Morgan fingerprint density at radius 2 is 1.77 bits per heavy atom. The predicted molar refractivity (Wildman–Crippen MR) is 82.0 cm³/mol. The van der Waals surface area contributed by atoms with E-state index in [0.29, 0.717) is 6.54 Å². The van der Waals surface area contributed by atoms with Crippen LogP contribution in [0.2, 0.25) is 0 Å². The number of aromatic nitrogens is 1. The van der Waals surface area contributed by atoms with E-state index in [4.69, 9.17) is 5.73 Å². The van der Waals surface area contributed by atoms with E-state index < -0.39 is 6.18 Å². The quantitative estimate of drug-likeness (QED) is 0.894. The van der Waals surface area contributed by atoms with Gasteiger partial charge >= 0.3 is 6.18 Å². The molecule has 1 heterocycles. The van der Waals surface area contributed by atoms with E-state index >= 15 is 0 Å². The van der Waals surface area contributed by atoms with E-state index in [-0.39, 0.29) is 12.5 Å². The SMILES string of the molecule is CC(F)(F)F.COC.NCCc1ccc2cc[nH]c(=O)c2c1. The van der Waals surface area contributed by atoms with E-state index in [1.165, 1.54) is 0 Å². The molecule has 0 unspecified atom stereocenters. The number of nitrogens with two attached hydrogens (primary N) is 1. The van der Waals surface area contributed by atoms with Gasteiger partial charge in [-0.3, -0.25) is 4.79 Å². The number of halogens is 3. The van der Waals surface area contributed by atoms with Crippen LogP contribution in [0.1, 0.15) is 12.5 Å². The van der Waals surface area contributed by atoms with Crippen molar-refractivity contribution in [3.05, 3.63) is 46.4 Å². The van der Waals surface area contributed by atoms with Crippen LogP contribution in [0.25, 0.3) is 10.8 Å². The summed E-state index contributed by atoms with van der Waals surface area (Å²) in [5.41, 5.74) is 6.52. The van der Waals surface area contributed by atoms with Crippen molar-refractivity contribution in [2.24, 2.45) is 5.73 Å².